The van der Waals surface area contributed by atoms with E-state index >= 15 is 0 Å². The number of ether oxygens (including phenoxy) is 1. The molecule has 1 aromatic heterocycles. The number of hydrogen-bond acceptors (Lipinski definition) is 4. The van der Waals surface area contributed by atoms with Crippen molar-refractivity contribution in [1.82, 2.24) is 9.80 Å². The van der Waals surface area contributed by atoms with Gasteiger partial charge in [-0.25, -0.2) is 0 Å². The van der Waals surface area contributed by atoms with Gasteiger partial charge in [-0.3, -0.25) is 4.90 Å². The van der Waals surface area contributed by atoms with Gasteiger partial charge in [0.2, 0.25) is 0 Å². The van der Waals surface area contributed by atoms with Crippen LogP contribution in [0.25, 0.3) is 0 Å². The summed E-state index contributed by atoms with van der Waals surface area (Å²) in [5.41, 5.74) is 2.11. The molecule has 1 saturated heterocycles. The van der Waals surface area contributed by atoms with Crippen molar-refractivity contribution in [2.24, 2.45) is 0 Å². The molecule has 1 aromatic carbocycles. The van der Waals surface area contributed by atoms with Crippen molar-refractivity contribution in [2.45, 2.75) is 13.2 Å². The summed E-state index contributed by atoms with van der Waals surface area (Å²) in [6, 6.07) is 8.50. The number of nitrogens with one attached hydrogen (secondary N) is 1. The van der Waals surface area contributed by atoms with E-state index in [1.54, 1.807) is 23.5 Å². The third-order valence-electron chi connectivity index (χ3n) is 3.98. The highest BCUT2D eigenvalue weighted by Crippen LogP contribution is 2.18. The van der Waals surface area contributed by atoms with Crippen LogP contribution in [0.2, 0.25) is 0 Å². The van der Waals surface area contributed by atoms with Crippen LogP contribution in [0.5, 0.6) is 5.75 Å². The van der Waals surface area contributed by atoms with Crippen molar-refractivity contribution in [3.05, 3.63) is 46.7 Å². The number of benzene rings is 1. The fourth-order valence-electron chi connectivity index (χ4n) is 2.67. The van der Waals surface area contributed by atoms with Crippen molar-refractivity contribution >= 4 is 34.4 Å². The average molecular weight is 383 g/mol. The fourth-order valence-corrected chi connectivity index (χ4v) is 3.63. The Hall–Kier alpha value is -1.77. The first-order valence-electron chi connectivity index (χ1n) is 7.94. The van der Waals surface area contributed by atoms with Crippen LogP contribution in [0, 0.1) is 0 Å². The van der Waals surface area contributed by atoms with Gasteiger partial charge in [0.1, 0.15) is 5.75 Å². The molecule has 2 aromatic rings. The molecule has 4 nitrogen and oxygen atoms in total. The lowest BCUT2D eigenvalue weighted by atomic mass is 10.2. The van der Waals surface area contributed by atoms with Crippen LogP contribution in [0.15, 0.2) is 41.1 Å². The second-order valence-electron chi connectivity index (χ2n) is 5.73. The highest BCUT2D eigenvalue weighted by atomic mass is 32.1. The Morgan fingerprint density at radius 1 is 1.16 bits per heavy atom. The first-order valence-corrected chi connectivity index (χ1v) is 9.29. The molecule has 1 fully saturated rings. The van der Waals surface area contributed by atoms with E-state index in [1.807, 2.05) is 0 Å². The molecule has 0 bridgehead atoms. The van der Waals surface area contributed by atoms with Crippen LogP contribution in [-0.4, -0.2) is 47.7 Å². The molecule has 0 radical (unpaired) electrons. The highest BCUT2D eigenvalue weighted by Gasteiger charge is 2.19. The molecular formula is C17H19F2N3OS2. The zero-order valence-corrected chi connectivity index (χ0v) is 15.2. The molecule has 1 N–H and O–H groups in total. The summed E-state index contributed by atoms with van der Waals surface area (Å²) in [7, 11) is 0. The van der Waals surface area contributed by atoms with Gasteiger partial charge in [0, 0.05) is 38.4 Å². The standard InChI is InChI=1S/C17H19F2N3OS2/c18-16(19)23-15-3-1-14(2-4-15)20-17(24)22-8-6-21(7-9-22)11-13-5-10-25-12-13/h1-5,10,12,16H,6-9,11H2,(H,20,24). The zero-order valence-electron chi connectivity index (χ0n) is 13.5. The smallest absolute Gasteiger partial charge is 0.387 e. The summed E-state index contributed by atoms with van der Waals surface area (Å²) in [5, 5.41) is 8.08. The minimum Gasteiger partial charge on any atom is -0.435 e. The zero-order chi connectivity index (χ0) is 17.6. The minimum absolute atomic E-state index is 0.133. The number of thiophene rings is 1. The molecule has 3 rings (SSSR count). The van der Waals surface area contributed by atoms with Crippen LogP contribution in [0.1, 0.15) is 5.56 Å². The summed E-state index contributed by atoms with van der Waals surface area (Å²) >= 11 is 7.18. The van der Waals surface area contributed by atoms with E-state index < -0.39 is 6.61 Å². The Morgan fingerprint density at radius 3 is 2.48 bits per heavy atom. The Morgan fingerprint density at radius 2 is 1.88 bits per heavy atom. The first-order chi connectivity index (χ1) is 12.1. The van der Waals surface area contributed by atoms with Crippen LogP contribution in [0.4, 0.5) is 14.5 Å². The summed E-state index contributed by atoms with van der Waals surface area (Å²) in [6.07, 6.45) is 0. The van der Waals surface area contributed by atoms with Gasteiger partial charge in [0.15, 0.2) is 5.11 Å². The normalized spacial score (nSPS) is 15.4. The number of alkyl halides is 2. The van der Waals surface area contributed by atoms with E-state index in [1.165, 1.54) is 17.7 Å². The van der Waals surface area contributed by atoms with E-state index in [4.69, 9.17) is 12.2 Å². The number of piperazine rings is 1. The maximum Gasteiger partial charge on any atom is 0.387 e. The summed E-state index contributed by atoms with van der Waals surface area (Å²) in [5.74, 6) is 0.133. The van der Waals surface area contributed by atoms with Gasteiger partial charge < -0.3 is 15.0 Å². The molecule has 0 saturated carbocycles. The SMILES string of the molecule is FC(F)Oc1ccc(NC(=S)N2CCN(Cc3ccsc3)CC2)cc1. The predicted molar refractivity (Wildman–Crippen MR) is 100 cm³/mol. The minimum atomic E-state index is -2.81. The monoisotopic (exact) mass is 383 g/mol. The summed E-state index contributed by atoms with van der Waals surface area (Å²) in [6.45, 7) is 1.80. The van der Waals surface area contributed by atoms with Crippen molar-refractivity contribution in [3.63, 3.8) is 0 Å². The number of thiocarbonyl (C=S) groups is 1. The lowest BCUT2D eigenvalue weighted by molar-refractivity contribution is -0.0498. The van der Waals surface area contributed by atoms with Gasteiger partial charge in [-0.15, -0.1) is 0 Å². The third-order valence-corrected chi connectivity index (χ3v) is 5.07. The third kappa shape index (κ3) is 5.35. The number of anilines is 1. The van der Waals surface area contributed by atoms with Gasteiger partial charge in [0.25, 0.3) is 0 Å². The predicted octanol–water partition coefficient (Wildman–Crippen LogP) is 3.86. The Kier molecular flexibility index (Phi) is 6.17. The Balaban J connectivity index is 1.46. The summed E-state index contributed by atoms with van der Waals surface area (Å²) < 4.78 is 28.6. The molecule has 0 unspecified atom stereocenters. The number of hydrogen-bond donors (Lipinski definition) is 1. The molecular weight excluding hydrogens is 364 g/mol. The van der Waals surface area contributed by atoms with Crippen LogP contribution >= 0.6 is 23.6 Å². The molecule has 0 atom stereocenters. The largest absolute Gasteiger partial charge is 0.435 e. The molecule has 1 aliphatic heterocycles. The van der Waals surface area contributed by atoms with Gasteiger partial charge >= 0.3 is 6.61 Å². The van der Waals surface area contributed by atoms with E-state index in [0.29, 0.717) is 5.11 Å². The quantitative estimate of drug-likeness (QED) is 0.792. The van der Waals surface area contributed by atoms with E-state index in [-0.39, 0.29) is 5.75 Å². The molecule has 2 heterocycles. The van der Waals surface area contributed by atoms with Crippen molar-refractivity contribution in [3.8, 4) is 5.75 Å². The molecule has 0 aliphatic carbocycles. The first kappa shape index (κ1) is 18.0. The van der Waals surface area contributed by atoms with Gasteiger partial charge in [-0.05, 0) is 58.9 Å². The molecule has 8 heteroatoms. The topological polar surface area (TPSA) is 27.7 Å². The second-order valence-corrected chi connectivity index (χ2v) is 6.89. The number of rotatable bonds is 5. The van der Waals surface area contributed by atoms with Crippen LogP contribution in [-0.2, 0) is 6.54 Å². The van der Waals surface area contributed by atoms with Gasteiger partial charge in [-0.1, -0.05) is 0 Å². The van der Waals surface area contributed by atoms with Crippen molar-refractivity contribution in [2.75, 3.05) is 31.5 Å². The second kappa shape index (κ2) is 8.55. The summed E-state index contributed by atoms with van der Waals surface area (Å²) in [4.78, 5) is 4.54. The molecule has 0 amide bonds. The van der Waals surface area contributed by atoms with Crippen LogP contribution < -0.4 is 10.1 Å². The van der Waals surface area contributed by atoms with Gasteiger partial charge in [-0.2, -0.15) is 20.1 Å². The lowest BCUT2D eigenvalue weighted by Gasteiger charge is -2.36. The lowest BCUT2D eigenvalue weighted by Crippen LogP contribution is -2.49. The van der Waals surface area contributed by atoms with Crippen molar-refractivity contribution < 1.29 is 13.5 Å². The Bertz CT molecular complexity index is 672. The van der Waals surface area contributed by atoms with Gasteiger partial charge in [0.05, 0.1) is 0 Å². The highest BCUT2D eigenvalue weighted by molar-refractivity contribution is 7.80. The molecule has 134 valence electrons. The van der Waals surface area contributed by atoms with E-state index in [0.717, 1.165) is 38.4 Å². The maximum atomic E-state index is 12.2. The molecule has 25 heavy (non-hydrogen) atoms. The number of halogens is 2. The molecule has 0 spiro atoms. The average Bonchev–Trinajstić information content (AvgIpc) is 3.10. The van der Waals surface area contributed by atoms with E-state index in [9.17, 15) is 8.78 Å². The molecule has 1 aliphatic rings. The fraction of sp³-hybridized carbons (Fsp3) is 0.353. The Labute approximate surface area is 155 Å². The van der Waals surface area contributed by atoms with Crippen molar-refractivity contribution in [1.29, 1.82) is 0 Å². The van der Waals surface area contributed by atoms with E-state index in [2.05, 4.69) is 36.7 Å². The maximum absolute atomic E-state index is 12.2. The van der Waals surface area contributed by atoms with Crippen LogP contribution in [0.3, 0.4) is 0 Å². The number of nitrogens with zero attached hydrogens (tertiary/aromatic N) is 2.